The summed E-state index contributed by atoms with van der Waals surface area (Å²) in [4.78, 5) is 37.6. The molecule has 3 heterocycles. The van der Waals surface area contributed by atoms with Gasteiger partial charge in [0.05, 0.1) is 37.0 Å². The van der Waals surface area contributed by atoms with Crippen LogP contribution in [0, 0.1) is 0 Å². The van der Waals surface area contributed by atoms with Crippen LogP contribution in [0.15, 0.2) is 18.6 Å². The minimum absolute atomic E-state index is 0.0384. The van der Waals surface area contributed by atoms with Crippen LogP contribution in [0.4, 0.5) is 0 Å². The van der Waals surface area contributed by atoms with Crippen molar-refractivity contribution in [1.82, 2.24) is 19.8 Å². The number of amides is 2. The molecule has 1 aliphatic carbocycles. The van der Waals surface area contributed by atoms with Gasteiger partial charge in [-0.3, -0.25) is 14.6 Å². The number of aromatic nitrogens is 2. The van der Waals surface area contributed by atoms with Gasteiger partial charge in [0.15, 0.2) is 0 Å². The molecule has 1 aromatic heterocycles. The lowest BCUT2D eigenvalue weighted by atomic mass is 9.77. The number of carbonyl (C=O) groups excluding carboxylic acids is 2. The van der Waals surface area contributed by atoms with Gasteiger partial charge >= 0.3 is 0 Å². The zero-order chi connectivity index (χ0) is 18.9. The molecule has 1 aromatic rings. The van der Waals surface area contributed by atoms with E-state index in [1.54, 1.807) is 18.2 Å². The molecule has 1 saturated carbocycles. The van der Waals surface area contributed by atoms with Crippen molar-refractivity contribution >= 4 is 11.8 Å². The maximum absolute atomic E-state index is 12.9. The molecule has 146 valence electrons. The molecule has 0 unspecified atom stereocenters. The summed E-state index contributed by atoms with van der Waals surface area (Å²) in [6.07, 6.45) is 8.66. The highest BCUT2D eigenvalue weighted by Crippen LogP contribution is 2.38. The Kier molecular flexibility index (Phi) is 5.10. The second kappa shape index (κ2) is 7.52. The Labute approximate surface area is 158 Å². The lowest BCUT2D eigenvalue weighted by molar-refractivity contribution is -0.151. The quantitative estimate of drug-likeness (QED) is 0.778. The third kappa shape index (κ3) is 3.55. The van der Waals surface area contributed by atoms with Crippen molar-refractivity contribution in [3.8, 4) is 0 Å². The summed E-state index contributed by atoms with van der Waals surface area (Å²) >= 11 is 0. The number of methoxy groups -OCH3 is 1. The fraction of sp³-hybridized carbons (Fsp3) is 0.684. The van der Waals surface area contributed by atoms with Gasteiger partial charge < -0.3 is 19.3 Å². The van der Waals surface area contributed by atoms with E-state index in [1.807, 2.05) is 4.90 Å². The molecule has 3 aliphatic rings. The van der Waals surface area contributed by atoms with Gasteiger partial charge in [0.1, 0.15) is 5.69 Å². The monoisotopic (exact) mass is 374 g/mol. The minimum atomic E-state index is -0.286. The van der Waals surface area contributed by atoms with Gasteiger partial charge in [-0.2, -0.15) is 0 Å². The van der Waals surface area contributed by atoms with Gasteiger partial charge in [0.25, 0.3) is 5.91 Å². The predicted molar refractivity (Wildman–Crippen MR) is 96.0 cm³/mol. The molecule has 0 bridgehead atoms. The first kappa shape index (κ1) is 18.3. The van der Waals surface area contributed by atoms with Crippen LogP contribution >= 0.6 is 0 Å². The highest BCUT2D eigenvalue weighted by molar-refractivity contribution is 5.92. The summed E-state index contributed by atoms with van der Waals surface area (Å²) in [7, 11) is 1.69. The largest absolute Gasteiger partial charge is 0.378 e. The average Bonchev–Trinajstić information content (AvgIpc) is 2.69. The minimum Gasteiger partial charge on any atom is -0.378 e. The van der Waals surface area contributed by atoms with Crippen molar-refractivity contribution in [2.75, 3.05) is 33.4 Å². The van der Waals surface area contributed by atoms with Gasteiger partial charge in [-0.1, -0.05) is 0 Å². The molecule has 2 atom stereocenters. The summed E-state index contributed by atoms with van der Waals surface area (Å²) in [5.41, 5.74) is 0.0426. The Bertz CT molecular complexity index is 689. The lowest BCUT2D eigenvalue weighted by Gasteiger charge is -2.48. The first-order valence-corrected chi connectivity index (χ1v) is 9.63. The van der Waals surface area contributed by atoms with E-state index in [0.717, 1.165) is 25.7 Å². The van der Waals surface area contributed by atoms with Gasteiger partial charge in [-0.05, 0) is 25.7 Å². The molecule has 0 N–H and O–H groups in total. The van der Waals surface area contributed by atoms with Crippen molar-refractivity contribution in [3.05, 3.63) is 24.3 Å². The van der Waals surface area contributed by atoms with Crippen LogP contribution in [0.25, 0.3) is 0 Å². The van der Waals surface area contributed by atoms with Gasteiger partial charge in [0, 0.05) is 39.1 Å². The number of nitrogens with zero attached hydrogens (tertiary/aromatic N) is 4. The number of likely N-dealkylation sites (tertiary alicyclic amines) is 1. The lowest BCUT2D eigenvalue weighted by Crippen LogP contribution is -2.62. The smallest absolute Gasteiger partial charge is 0.274 e. The topological polar surface area (TPSA) is 84.9 Å². The molecule has 0 aromatic carbocycles. The van der Waals surface area contributed by atoms with Crippen LogP contribution in [-0.4, -0.2) is 82.7 Å². The van der Waals surface area contributed by atoms with Crippen LogP contribution < -0.4 is 0 Å². The summed E-state index contributed by atoms with van der Waals surface area (Å²) in [6.45, 7) is 2.16. The zero-order valence-corrected chi connectivity index (χ0v) is 15.7. The van der Waals surface area contributed by atoms with Crippen molar-refractivity contribution in [3.63, 3.8) is 0 Å². The van der Waals surface area contributed by atoms with Crippen LogP contribution in [0.1, 0.15) is 42.6 Å². The van der Waals surface area contributed by atoms with Gasteiger partial charge in [0.2, 0.25) is 5.91 Å². The molecule has 2 amide bonds. The normalized spacial score (nSPS) is 26.9. The highest BCUT2D eigenvalue weighted by Gasteiger charge is 2.44. The van der Waals surface area contributed by atoms with Crippen molar-refractivity contribution in [1.29, 1.82) is 0 Å². The molecular formula is C19H26N4O4. The Morgan fingerprint density at radius 3 is 2.85 bits per heavy atom. The molecule has 0 radical (unpaired) electrons. The molecule has 4 rings (SSSR count). The van der Waals surface area contributed by atoms with Gasteiger partial charge in [-0.15, -0.1) is 0 Å². The summed E-state index contributed by atoms with van der Waals surface area (Å²) in [5, 5.41) is 0. The number of hydrogen-bond acceptors (Lipinski definition) is 6. The molecule has 0 spiro atoms. The Morgan fingerprint density at radius 1 is 1.33 bits per heavy atom. The zero-order valence-electron chi connectivity index (χ0n) is 15.7. The number of hydrogen-bond donors (Lipinski definition) is 0. The van der Waals surface area contributed by atoms with E-state index < -0.39 is 0 Å². The number of fused-ring (bicyclic) bond motifs is 1. The second-order valence-corrected chi connectivity index (χ2v) is 7.61. The first-order valence-electron chi connectivity index (χ1n) is 9.63. The fourth-order valence-electron chi connectivity index (χ4n) is 4.32. The van der Waals surface area contributed by atoms with Crippen LogP contribution in [0.5, 0.6) is 0 Å². The van der Waals surface area contributed by atoms with Gasteiger partial charge in [-0.25, -0.2) is 4.98 Å². The number of piperidine rings is 1. The van der Waals surface area contributed by atoms with Crippen LogP contribution in [0.2, 0.25) is 0 Å². The third-order valence-electron chi connectivity index (χ3n) is 6.15. The average molecular weight is 374 g/mol. The molecular weight excluding hydrogens is 348 g/mol. The molecule has 27 heavy (non-hydrogen) atoms. The van der Waals surface area contributed by atoms with E-state index in [1.165, 1.54) is 12.4 Å². The third-order valence-corrected chi connectivity index (χ3v) is 6.15. The van der Waals surface area contributed by atoms with Crippen molar-refractivity contribution in [2.45, 2.75) is 49.9 Å². The first-order chi connectivity index (χ1) is 13.1. The van der Waals surface area contributed by atoms with E-state index in [-0.39, 0.29) is 29.6 Å². The summed E-state index contributed by atoms with van der Waals surface area (Å²) in [6, 6.07) is -0.147. The standard InChI is InChI=1S/C19H26N4O4/c1-26-19(4-2-5-19)11-17(24)22-8-3-16-15(13-22)23(9-10-27-16)18(25)14-12-20-6-7-21-14/h6-7,12,15-16H,2-5,8-11,13H2,1H3/t15-,16-/m0/s1. The Morgan fingerprint density at radius 2 is 2.19 bits per heavy atom. The van der Waals surface area contributed by atoms with E-state index in [2.05, 4.69) is 9.97 Å². The maximum atomic E-state index is 12.9. The number of carbonyl (C=O) groups is 2. The van der Waals surface area contributed by atoms with Crippen molar-refractivity contribution < 1.29 is 19.1 Å². The maximum Gasteiger partial charge on any atom is 0.274 e. The fourth-order valence-corrected chi connectivity index (χ4v) is 4.32. The SMILES string of the molecule is COC1(CC(=O)N2CC[C@@H]3OCCN(C(=O)c4cnccn4)[C@H]3C2)CCC1. The molecule has 8 heteroatoms. The number of ether oxygens (including phenoxy) is 2. The van der Waals surface area contributed by atoms with Crippen molar-refractivity contribution in [2.24, 2.45) is 0 Å². The van der Waals surface area contributed by atoms with E-state index >= 15 is 0 Å². The van der Waals surface area contributed by atoms with E-state index in [9.17, 15) is 9.59 Å². The summed E-state index contributed by atoms with van der Waals surface area (Å²) < 4.78 is 11.5. The van der Waals surface area contributed by atoms with Crippen LogP contribution in [-0.2, 0) is 14.3 Å². The Balaban J connectivity index is 1.46. The van der Waals surface area contributed by atoms with Crippen LogP contribution in [0.3, 0.4) is 0 Å². The molecule has 2 aliphatic heterocycles. The highest BCUT2D eigenvalue weighted by atomic mass is 16.5. The Hall–Kier alpha value is -2.06. The van der Waals surface area contributed by atoms with E-state index in [0.29, 0.717) is 38.4 Å². The molecule has 2 saturated heterocycles. The number of morpholine rings is 1. The molecule has 3 fully saturated rings. The number of rotatable bonds is 4. The molecule has 8 nitrogen and oxygen atoms in total. The van der Waals surface area contributed by atoms with E-state index in [4.69, 9.17) is 9.47 Å². The summed E-state index contributed by atoms with van der Waals surface area (Å²) in [5.74, 6) is -0.0458. The second-order valence-electron chi connectivity index (χ2n) is 7.61. The predicted octanol–water partition coefficient (Wildman–Crippen LogP) is 0.878.